The van der Waals surface area contributed by atoms with Gasteiger partial charge in [0.25, 0.3) is 5.91 Å². The summed E-state index contributed by atoms with van der Waals surface area (Å²) in [5.41, 5.74) is -0.256. The topological polar surface area (TPSA) is 125 Å². The second-order valence-corrected chi connectivity index (χ2v) is 14.4. The number of carbonyl (C=O) groups excluding carboxylic acids is 4. The van der Waals surface area contributed by atoms with Gasteiger partial charge in [-0.25, -0.2) is 9.69 Å². The Hall–Kier alpha value is -2.75. The molecule has 0 unspecified atom stereocenters. The number of hydrogen-bond acceptors (Lipinski definition) is 7. The van der Waals surface area contributed by atoms with Crippen LogP contribution in [-0.2, 0) is 20.9 Å². The number of rotatable bonds is 4. The summed E-state index contributed by atoms with van der Waals surface area (Å²) in [6.07, 6.45) is 4.45. The predicted molar refractivity (Wildman–Crippen MR) is 168 cm³/mol. The number of ketones is 1. The number of ether oxygens (including phenoxy) is 1. The molecule has 44 heavy (non-hydrogen) atoms. The van der Waals surface area contributed by atoms with Gasteiger partial charge in [-0.05, 0) is 80.0 Å². The molecule has 9 nitrogen and oxygen atoms in total. The van der Waals surface area contributed by atoms with Gasteiger partial charge in [0.15, 0.2) is 0 Å². The van der Waals surface area contributed by atoms with Crippen molar-refractivity contribution in [1.82, 2.24) is 10.2 Å². The van der Waals surface area contributed by atoms with Crippen molar-refractivity contribution in [1.29, 1.82) is 0 Å². The Morgan fingerprint density at radius 2 is 1.93 bits per heavy atom. The first-order chi connectivity index (χ1) is 20.4. The minimum absolute atomic E-state index is 0. The van der Waals surface area contributed by atoms with Crippen molar-refractivity contribution in [3.8, 4) is 0 Å². The monoisotopic (exact) mass is 627 g/mol. The number of Topliss-reactive ketones (excluding diaryl/α,β-unsaturated/α-hetero) is 1. The summed E-state index contributed by atoms with van der Waals surface area (Å²) in [6.45, 7) is 13.2. The summed E-state index contributed by atoms with van der Waals surface area (Å²) in [6, 6.07) is 4.87. The number of hydrogen-bond donors (Lipinski definition) is 3. The first-order valence-corrected chi connectivity index (χ1v) is 15.9. The van der Waals surface area contributed by atoms with Gasteiger partial charge in [-0.2, -0.15) is 0 Å². The van der Waals surface area contributed by atoms with E-state index in [-0.39, 0.29) is 59.9 Å². The second-order valence-electron chi connectivity index (χ2n) is 14.4. The quantitative estimate of drug-likeness (QED) is 0.389. The first kappa shape index (κ1) is 32.6. The summed E-state index contributed by atoms with van der Waals surface area (Å²) >= 11 is 0. The van der Waals surface area contributed by atoms with Gasteiger partial charge in [0.05, 0.1) is 18.7 Å². The third-order valence-electron chi connectivity index (χ3n) is 12.3. The van der Waals surface area contributed by atoms with E-state index in [1.165, 1.54) is 0 Å². The molecule has 2 aliphatic heterocycles. The van der Waals surface area contributed by atoms with Crippen molar-refractivity contribution in [2.75, 3.05) is 11.9 Å². The number of fused-ring (bicyclic) bond motifs is 1. The molecule has 1 aromatic rings. The van der Waals surface area contributed by atoms with Crippen LogP contribution in [0.25, 0.3) is 0 Å². The third-order valence-corrected chi connectivity index (χ3v) is 12.3. The van der Waals surface area contributed by atoms with Gasteiger partial charge < -0.3 is 20.5 Å². The molecule has 3 aliphatic carbocycles. The highest BCUT2D eigenvalue weighted by atomic mass is 35.5. The number of aliphatic hydroxyl groups excluding tert-OH is 1. The van der Waals surface area contributed by atoms with E-state index >= 15 is 0 Å². The van der Waals surface area contributed by atoms with Crippen LogP contribution < -0.4 is 10.6 Å². The van der Waals surface area contributed by atoms with Gasteiger partial charge in [0, 0.05) is 34.4 Å². The van der Waals surface area contributed by atoms with Crippen LogP contribution >= 0.6 is 12.4 Å². The fourth-order valence-corrected chi connectivity index (χ4v) is 9.35. The minimum atomic E-state index is -0.761. The molecule has 0 radical (unpaired) electrons. The molecule has 9 atom stereocenters. The second kappa shape index (κ2) is 11.6. The molecule has 3 saturated carbocycles. The van der Waals surface area contributed by atoms with Crippen LogP contribution in [0.15, 0.2) is 30.9 Å². The predicted octanol–water partition coefficient (Wildman–Crippen LogP) is 5.25. The van der Waals surface area contributed by atoms with Gasteiger partial charge >= 0.3 is 6.09 Å². The maximum absolute atomic E-state index is 13.9. The van der Waals surface area contributed by atoms with Crippen LogP contribution in [0.2, 0.25) is 0 Å². The van der Waals surface area contributed by atoms with Crippen LogP contribution in [-0.4, -0.2) is 58.5 Å². The van der Waals surface area contributed by atoms with Crippen molar-refractivity contribution >= 4 is 41.8 Å². The molecule has 10 heteroatoms. The smallest absolute Gasteiger partial charge is 0.417 e. The van der Waals surface area contributed by atoms with Gasteiger partial charge in [0.2, 0.25) is 5.91 Å². The molecule has 2 bridgehead atoms. The van der Waals surface area contributed by atoms with Gasteiger partial charge in [-0.3, -0.25) is 14.4 Å². The van der Waals surface area contributed by atoms with Crippen molar-refractivity contribution in [2.45, 2.75) is 97.4 Å². The molecule has 240 valence electrons. The van der Waals surface area contributed by atoms with Crippen LogP contribution in [0.1, 0.15) is 88.6 Å². The van der Waals surface area contributed by atoms with Gasteiger partial charge in [0.1, 0.15) is 11.9 Å². The van der Waals surface area contributed by atoms with Crippen LogP contribution in [0, 0.1) is 34.0 Å². The summed E-state index contributed by atoms with van der Waals surface area (Å²) in [5, 5.41) is 17.8. The lowest BCUT2D eigenvalue weighted by Crippen LogP contribution is -2.63. The summed E-state index contributed by atoms with van der Waals surface area (Å²) in [5.74, 6) is -0.805. The average Bonchev–Trinajstić information content (AvgIpc) is 3.73. The highest BCUT2D eigenvalue weighted by Crippen LogP contribution is 2.68. The lowest BCUT2D eigenvalue weighted by atomic mass is 9.44. The number of aliphatic hydroxyl groups is 1. The minimum Gasteiger partial charge on any atom is -0.445 e. The summed E-state index contributed by atoms with van der Waals surface area (Å²) < 4.78 is 6.35. The lowest BCUT2D eigenvalue weighted by Gasteiger charge is -2.61. The Balaban J connectivity index is 0.00000384. The Bertz CT molecular complexity index is 1380. The molecule has 0 spiro atoms. The molecule has 4 fully saturated rings. The van der Waals surface area contributed by atoms with Crippen LogP contribution in [0.4, 0.5) is 10.5 Å². The Labute approximate surface area is 265 Å². The van der Waals surface area contributed by atoms with E-state index in [0.29, 0.717) is 29.7 Å². The lowest BCUT2D eigenvalue weighted by molar-refractivity contribution is -0.192. The highest BCUT2D eigenvalue weighted by Gasteiger charge is 2.68. The number of anilines is 1. The Morgan fingerprint density at radius 1 is 1.18 bits per heavy atom. The molecular weight excluding hydrogens is 582 g/mol. The van der Waals surface area contributed by atoms with Crippen molar-refractivity contribution in [3.63, 3.8) is 0 Å². The Kier molecular flexibility index (Phi) is 8.57. The number of benzene rings is 1. The van der Waals surface area contributed by atoms with E-state index < -0.39 is 35.0 Å². The van der Waals surface area contributed by atoms with E-state index in [1.807, 2.05) is 6.92 Å². The first-order valence-electron chi connectivity index (χ1n) is 15.9. The molecule has 1 saturated heterocycles. The van der Waals surface area contributed by atoms with E-state index in [4.69, 9.17) is 4.74 Å². The van der Waals surface area contributed by atoms with Crippen molar-refractivity contribution < 1.29 is 29.0 Å². The molecular formula is C34H46ClN3O6. The largest absolute Gasteiger partial charge is 0.445 e. The van der Waals surface area contributed by atoms with Crippen molar-refractivity contribution in [3.05, 3.63) is 42.0 Å². The SMILES string of the molecule is C=C[C@]1(C)C[C@@H](OC(=O)N2Cc3ccc(NC(=O)[C@@H]4CCCN4)cc3C2=O)[C@]2(C)[C@H](C)CC[C@]3(CCC(=O)[C@H]32)[C@@H](C)[C@@H]1O.Cl. The zero-order chi connectivity index (χ0) is 30.9. The maximum atomic E-state index is 13.9. The van der Waals surface area contributed by atoms with E-state index in [0.717, 1.165) is 43.5 Å². The standard InChI is InChI=1S/C34H45N3O6.ClH/c1-6-32(4)17-26(33(5)19(2)11-13-34(20(3)28(32)39)14-12-25(38)27(33)34)43-31(42)37-18-21-9-10-22(16-23(21)30(37)41)36-29(40)24-8-7-15-35-24;/h6,9-10,16,19-20,24,26-28,35,39H,1,7-8,11-15,17-18H2,2-5H3,(H,36,40);1H/t19-,20+,24+,26-,27+,28+,32-,33+,34+;/m1./s1. The number of halogens is 1. The van der Waals surface area contributed by atoms with Gasteiger partial charge in [-0.1, -0.05) is 39.8 Å². The van der Waals surface area contributed by atoms with Crippen LogP contribution in [0.3, 0.4) is 0 Å². The maximum Gasteiger partial charge on any atom is 0.417 e. The molecule has 3 amide bonds. The van der Waals surface area contributed by atoms with Crippen LogP contribution in [0.5, 0.6) is 0 Å². The third kappa shape index (κ3) is 4.81. The number of nitrogens with zero attached hydrogens (tertiary/aromatic N) is 1. The fourth-order valence-electron chi connectivity index (χ4n) is 9.35. The zero-order valence-electron chi connectivity index (χ0n) is 26.2. The molecule has 2 heterocycles. The van der Waals surface area contributed by atoms with E-state index in [1.54, 1.807) is 24.3 Å². The average molecular weight is 628 g/mol. The summed E-state index contributed by atoms with van der Waals surface area (Å²) in [4.78, 5) is 54.8. The molecule has 5 aliphatic rings. The normalized spacial score (nSPS) is 39.4. The van der Waals surface area contributed by atoms with E-state index in [9.17, 15) is 24.3 Å². The molecule has 3 N–H and O–H groups in total. The van der Waals surface area contributed by atoms with Crippen molar-refractivity contribution in [2.24, 2.45) is 34.0 Å². The Morgan fingerprint density at radius 3 is 2.61 bits per heavy atom. The highest BCUT2D eigenvalue weighted by molar-refractivity contribution is 6.07. The number of amides is 3. The number of imide groups is 1. The summed E-state index contributed by atoms with van der Waals surface area (Å²) in [7, 11) is 0. The van der Waals surface area contributed by atoms with E-state index in [2.05, 4.69) is 38.0 Å². The molecule has 0 aromatic heterocycles. The molecule has 6 rings (SSSR count). The molecule has 1 aromatic carbocycles. The zero-order valence-corrected chi connectivity index (χ0v) is 27.0. The fraction of sp³-hybridized carbons (Fsp3) is 0.647. The number of nitrogens with one attached hydrogen (secondary N) is 2. The number of carbonyl (C=O) groups is 4. The van der Waals surface area contributed by atoms with Gasteiger partial charge in [-0.15, -0.1) is 19.0 Å².